The van der Waals surface area contributed by atoms with Crippen LogP contribution in [0.3, 0.4) is 0 Å². The Morgan fingerprint density at radius 3 is 2.27 bits per heavy atom. The second-order valence-electron chi connectivity index (χ2n) is 10.0. The van der Waals surface area contributed by atoms with Gasteiger partial charge in [-0.3, -0.25) is 9.59 Å². The van der Waals surface area contributed by atoms with E-state index in [0.717, 1.165) is 44.9 Å². The van der Waals surface area contributed by atoms with Gasteiger partial charge in [0.15, 0.2) is 11.9 Å². The van der Waals surface area contributed by atoms with E-state index >= 15 is 0 Å². The zero-order valence-corrected chi connectivity index (χ0v) is 20.8. The predicted molar refractivity (Wildman–Crippen MR) is 126 cm³/mol. The van der Waals surface area contributed by atoms with Crippen molar-refractivity contribution in [3.8, 4) is 0 Å². The molecule has 3 unspecified atom stereocenters. The van der Waals surface area contributed by atoms with Crippen molar-refractivity contribution in [3.63, 3.8) is 0 Å². The van der Waals surface area contributed by atoms with Crippen molar-refractivity contribution in [1.82, 2.24) is 4.90 Å². The highest BCUT2D eigenvalue weighted by Gasteiger charge is 2.53. The summed E-state index contributed by atoms with van der Waals surface area (Å²) in [7, 11) is 0. The fraction of sp³-hybridized carbons (Fsp3) is 0.731. The lowest BCUT2D eigenvalue weighted by Gasteiger charge is -2.33. The summed E-state index contributed by atoms with van der Waals surface area (Å²) in [6.07, 6.45) is 11.9. The van der Waals surface area contributed by atoms with E-state index < -0.39 is 35.7 Å². The molecule has 0 bridgehead atoms. The number of imide groups is 1. The van der Waals surface area contributed by atoms with Gasteiger partial charge in [0.1, 0.15) is 11.4 Å². The molecule has 1 N–H and O–H groups in total. The van der Waals surface area contributed by atoms with E-state index in [4.69, 9.17) is 14.6 Å². The molecule has 33 heavy (non-hydrogen) atoms. The summed E-state index contributed by atoms with van der Waals surface area (Å²) >= 11 is 0. The van der Waals surface area contributed by atoms with Crippen molar-refractivity contribution in [2.45, 2.75) is 104 Å². The number of carbonyl (C=O) groups is 3. The molecule has 0 aromatic carbocycles. The lowest BCUT2D eigenvalue weighted by atomic mass is 9.87. The summed E-state index contributed by atoms with van der Waals surface area (Å²) in [6, 6.07) is -0.409. The van der Waals surface area contributed by atoms with E-state index in [2.05, 4.69) is 0 Å². The first-order chi connectivity index (χ1) is 15.6. The molecule has 2 aliphatic rings. The molecule has 0 saturated carbocycles. The number of ether oxygens (including phenoxy) is 2. The SMILES string of the molecule is CC(C)C1N(C(=O)C(C)C2OC(=CCCCCCCCCCO)C=CC2=O)C(=O)OC1(C)C. The first kappa shape index (κ1) is 27.1. The number of unbranched alkanes of at least 4 members (excludes halogenated alkanes) is 7. The summed E-state index contributed by atoms with van der Waals surface area (Å²) in [5.41, 5.74) is -0.790. The molecular weight excluding hydrogens is 422 g/mol. The van der Waals surface area contributed by atoms with Gasteiger partial charge in [-0.1, -0.05) is 46.0 Å². The average Bonchev–Trinajstić information content (AvgIpc) is 3.00. The van der Waals surface area contributed by atoms with Crippen LogP contribution in [0.5, 0.6) is 0 Å². The fourth-order valence-corrected chi connectivity index (χ4v) is 4.79. The van der Waals surface area contributed by atoms with Crippen molar-refractivity contribution in [1.29, 1.82) is 0 Å². The van der Waals surface area contributed by atoms with Gasteiger partial charge in [0.05, 0.1) is 12.0 Å². The third-order valence-corrected chi connectivity index (χ3v) is 6.41. The second kappa shape index (κ2) is 12.4. The number of cyclic esters (lactones) is 1. The number of rotatable bonds is 12. The van der Waals surface area contributed by atoms with Gasteiger partial charge in [0.2, 0.25) is 5.91 Å². The predicted octanol–water partition coefficient (Wildman–Crippen LogP) is 4.93. The Labute approximate surface area is 198 Å². The van der Waals surface area contributed by atoms with Crippen LogP contribution in [0.2, 0.25) is 0 Å². The fourth-order valence-electron chi connectivity index (χ4n) is 4.79. The Kier molecular flexibility index (Phi) is 10.1. The number of ketones is 1. The lowest BCUT2D eigenvalue weighted by molar-refractivity contribution is -0.143. The molecule has 0 aromatic rings. The third kappa shape index (κ3) is 7.16. The van der Waals surface area contributed by atoms with E-state index in [0.29, 0.717) is 5.76 Å². The molecule has 0 radical (unpaired) electrons. The summed E-state index contributed by atoms with van der Waals surface area (Å²) in [5, 5.41) is 8.80. The van der Waals surface area contributed by atoms with Crippen molar-refractivity contribution >= 4 is 17.8 Å². The minimum atomic E-state index is -0.954. The van der Waals surface area contributed by atoms with Crippen molar-refractivity contribution in [2.24, 2.45) is 11.8 Å². The summed E-state index contributed by atoms with van der Waals surface area (Å²) < 4.78 is 11.4. The highest BCUT2D eigenvalue weighted by Crippen LogP contribution is 2.36. The second-order valence-corrected chi connectivity index (χ2v) is 10.0. The maximum Gasteiger partial charge on any atom is 0.417 e. The molecule has 7 nitrogen and oxygen atoms in total. The van der Waals surface area contributed by atoms with Crippen LogP contribution in [0, 0.1) is 11.8 Å². The Balaban J connectivity index is 1.92. The first-order valence-electron chi connectivity index (χ1n) is 12.4. The number of hydrogen-bond acceptors (Lipinski definition) is 6. The first-order valence-corrected chi connectivity index (χ1v) is 12.4. The van der Waals surface area contributed by atoms with Crippen molar-refractivity contribution in [2.75, 3.05) is 6.61 Å². The van der Waals surface area contributed by atoms with Crippen molar-refractivity contribution < 1.29 is 29.0 Å². The molecule has 1 fully saturated rings. The molecule has 186 valence electrons. The number of nitrogens with zero attached hydrogens (tertiary/aromatic N) is 1. The number of hydrogen-bond donors (Lipinski definition) is 1. The molecule has 7 heteroatoms. The Morgan fingerprint density at radius 2 is 1.67 bits per heavy atom. The Morgan fingerprint density at radius 1 is 1.06 bits per heavy atom. The molecule has 3 atom stereocenters. The molecule has 0 spiro atoms. The number of aliphatic hydroxyl groups is 1. The summed E-state index contributed by atoms with van der Waals surface area (Å²) in [5.74, 6) is -0.933. The Hall–Kier alpha value is -2.15. The van der Waals surface area contributed by atoms with E-state index in [1.165, 1.54) is 17.4 Å². The molecular formula is C26H41NO6. The maximum atomic E-state index is 13.3. The molecule has 1 saturated heterocycles. The van der Waals surface area contributed by atoms with Crippen LogP contribution in [0.1, 0.15) is 86.0 Å². The van der Waals surface area contributed by atoms with Crippen LogP contribution in [0.15, 0.2) is 24.0 Å². The minimum Gasteiger partial charge on any atom is -0.482 e. The van der Waals surface area contributed by atoms with E-state index in [-0.39, 0.29) is 18.3 Å². The highest BCUT2D eigenvalue weighted by molar-refractivity contribution is 6.02. The van der Waals surface area contributed by atoms with Gasteiger partial charge in [0.25, 0.3) is 0 Å². The van der Waals surface area contributed by atoms with Gasteiger partial charge in [-0.2, -0.15) is 0 Å². The third-order valence-electron chi connectivity index (χ3n) is 6.41. The van der Waals surface area contributed by atoms with Gasteiger partial charge in [0, 0.05) is 6.61 Å². The van der Waals surface area contributed by atoms with E-state index in [9.17, 15) is 14.4 Å². The molecule has 0 aliphatic carbocycles. The van der Waals surface area contributed by atoms with E-state index in [1.54, 1.807) is 26.8 Å². The molecule has 2 heterocycles. The lowest BCUT2D eigenvalue weighted by Crippen LogP contribution is -2.52. The monoisotopic (exact) mass is 463 g/mol. The van der Waals surface area contributed by atoms with Gasteiger partial charge in [-0.05, 0) is 64.2 Å². The number of aliphatic hydroxyl groups excluding tert-OH is 1. The number of carbonyl (C=O) groups excluding carboxylic acids is 3. The Bertz CT molecular complexity index is 754. The van der Waals surface area contributed by atoms with E-state index in [1.807, 2.05) is 19.9 Å². The molecule has 0 aromatic heterocycles. The average molecular weight is 464 g/mol. The molecule has 2 rings (SSSR count). The maximum absolute atomic E-state index is 13.3. The minimum absolute atomic E-state index is 0.00982. The molecule has 2 aliphatic heterocycles. The van der Waals surface area contributed by atoms with Crippen LogP contribution in [0.4, 0.5) is 4.79 Å². The van der Waals surface area contributed by atoms with Crippen LogP contribution in [-0.2, 0) is 19.1 Å². The zero-order chi connectivity index (χ0) is 24.6. The standard InChI is InChI=1S/C26H41NO6/c1-18(2)23-26(4,5)33-25(31)27(23)24(30)19(3)22-21(29)16-15-20(32-22)14-12-10-8-6-7-9-11-13-17-28/h14-16,18-19,22-23,28H,6-13,17H2,1-5H3. The van der Waals surface area contributed by atoms with Gasteiger partial charge < -0.3 is 14.6 Å². The van der Waals surface area contributed by atoms with Gasteiger partial charge in [-0.15, -0.1) is 0 Å². The van der Waals surface area contributed by atoms with Crippen molar-refractivity contribution in [3.05, 3.63) is 24.0 Å². The number of allylic oxidation sites excluding steroid dienone is 2. The summed E-state index contributed by atoms with van der Waals surface area (Å²) in [4.78, 5) is 39.5. The van der Waals surface area contributed by atoms with Crippen LogP contribution >= 0.6 is 0 Å². The summed E-state index contributed by atoms with van der Waals surface area (Å²) in [6.45, 7) is 9.39. The highest BCUT2D eigenvalue weighted by atomic mass is 16.6. The van der Waals surface area contributed by atoms with Gasteiger partial charge >= 0.3 is 6.09 Å². The zero-order valence-electron chi connectivity index (χ0n) is 20.8. The largest absolute Gasteiger partial charge is 0.482 e. The van der Waals surface area contributed by atoms with Crippen LogP contribution in [-0.4, -0.2) is 52.1 Å². The topological polar surface area (TPSA) is 93.1 Å². The quantitative estimate of drug-likeness (QED) is 0.413. The van der Waals surface area contributed by atoms with Crippen LogP contribution in [0.25, 0.3) is 0 Å². The number of amides is 2. The smallest absolute Gasteiger partial charge is 0.417 e. The molecule has 2 amide bonds. The van der Waals surface area contributed by atoms with Gasteiger partial charge in [-0.25, -0.2) is 9.69 Å². The van der Waals surface area contributed by atoms with Crippen LogP contribution < -0.4 is 0 Å². The normalized spacial score (nSPS) is 24.3.